The van der Waals surface area contributed by atoms with Crippen LogP contribution in [0.4, 0.5) is 10.2 Å². The normalized spacial score (nSPS) is 12.1. The predicted octanol–water partition coefficient (Wildman–Crippen LogP) is 5.59. The molecular weight excluding hydrogens is 337 g/mol. The molecule has 134 valence electrons. The van der Waals surface area contributed by atoms with Gasteiger partial charge in [0.15, 0.2) is 0 Å². The Kier molecular flexibility index (Phi) is 4.55. The van der Waals surface area contributed by atoms with E-state index in [1.54, 1.807) is 12.1 Å². The van der Waals surface area contributed by atoms with E-state index in [9.17, 15) is 4.39 Å². The first-order chi connectivity index (χ1) is 13.1. The highest BCUT2D eigenvalue weighted by molar-refractivity contribution is 5.79. The summed E-state index contributed by atoms with van der Waals surface area (Å²) in [4.78, 5) is 9.14. The van der Waals surface area contributed by atoms with Crippen LogP contribution in [0.1, 0.15) is 28.6 Å². The molecule has 1 atom stereocenters. The number of rotatable bonds is 4. The standard InChI is InChI=1S/C23H20FN3/c1-15-6-5-9-22(26-15)27-23(19-7-3-4-8-20(19)24)18-13-12-17-11-10-16(2)25-21(17)14-18/h3-14,23H,1-2H3,(H,26,27)/t23-/m0/s1. The van der Waals surface area contributed by atoms with Crippen molar-refractivity contribution in [3.63, 3.8) is 0 Å². The Hall–Kier alpha value is -3.27. The van der Waals surface area contributed by atoms with Gasteiger partial charge in [0.05, 0.1) is 11.6 Å². The molecule has 0 saturated heterocycles. The molecule has 0 spiro atoms. The lowest BCUT2D eigenvalue weighted by Crippen LogP contribution is -2.15. The van der Waals surface area contributed by atoms with E-state index in [1.165, 1.54) is 6.07 Å². The minimum Gasteiger partial charge on any atom is -0.359 e. The quantitative estimate of drug-likeness (QED) is 0.517. The molecule has 0 amide bonds. The summed E-state index contributed by atoms with van der Waals surface area (Å²) >= 11 is 0. The molecule has 0 fully saturated rings. The lowest BCUT2D eigenvalue weighted by Gasteiger charge is -2.21. The third kappa shape index (κ3) is 3.65. The summed E-state index contributed by atoms with van der Waals surface area (Å²) in [5.74, 6) is 0.459. The van der Waals surface area contributed by atoms with E-state index in [1.807, 2.05) is 62.4 Å². The lowest BCUT2D eigenvalue weighted by atomic mass is 9.97. The molecule has 2 aromatic carbocycles. The van der Waals surface area contributed by atoms with Gasteiger partial charge in [-0.3, -0.25) is 4.98 Å². The number of benzene rings is 2. The number of aromatic nitrogens is 2. The molecule has 1 N–H and O–H groups in total. The van der Waals surface area contributed by atoms with E-state index in [0.717, 1.165) is 27.9 Å². The molecule has 0 bridgehead atoms. The van der Waals surface area contributed by atoms with Crippen molar-refractivity contribution in [2.75, 3.05) is 5.32 Å². The molecule has 2 aromatic heterocycles. The number of anilines is 1. The smallest absolute Gasteiger partial charge is 0.128 e. The highest BCUT2D eigenvalue weighted by Crippen LogP contribution is 2.30. The zero-order valence-corrected chi connectivity index (χ0v) is 15.3. The maximum absolute atomic E-state index is 14.6. The molecule has 3 nitrogen and oxygen atoms in total. The molecule has 4 aromatic rings. The topological polar surface area (TPSA) is 37.8 Å². The minimum absolute atomic E-state index is 0.250. The Bertz CT molecular complexity index is 1110. The minimum atomic E-state index is -0.368. The molecule has 2 heterocycles. The molecular formula is C23H20FN3. The van der Waals surface area contributed by atoms with E-state index < -0.39 is 0 Å². The van der Waals surface area contributed by atoms with E-state index in [0.29, 0.717) is 11.4 Å². The number of nitrogens with zero attached hydrogens (tertiary/aromatic N) is 2. The third-order valence-electron chi connectivity index (χ3n) is 4.59. The van der Waals surface area contributed by atoms with E-state index >= 15 is 0 Å². The van der Waals surface area contributed by atoms with Crippen LogP contribution in [0, 0.1) is 19.7 Å². The largest absolute Gasteiger partial charge is 0.359 e. The van der Waals surface area contributed by atoms with Gasteiger partial charge >= 0.3 is 0 Å². The first kappa shape index (κ1) is 17.2. The van der Waals surface area contributed by atoms with E-state index in [4.69, 9.17) is 0 Å². The molecule has 0 radical (unpaired) electrons. The number of hydrogen-bond donors (Lipinski definition) is 1. The number of halogens is 1. The zero-order chi connectivity index (χ0) is 18.8. The summed E-state index contributed by atoms with van der Waals surface area (Å²) in [7, 11) is 0. The van der Waals surface area contributed by atoms with Crippen LogP contribution in [-0.4, -0.2) is 9.97 Å². The second kappa shape index (κ2) is 7.16. The van der Waals surface area contributed by atoms with Crippen LogP contribution in [0.15, 0.2) is 72.8 Å². The van der Waals surface area contributed by atoms with Crippen LogP contribution in [0.3, 0.4) is 0 Å². The molecule has 0 aliphatic rings. The van der Waals surface area contributed by atoms with Crippen molar-refractivity contribution in [3.8, 4) is 0 Å². The summed E-state index contributed by atoms with van der Waals surface area (Å²) in [6.07, 6.45) is 0. The van der Waals surface area contributed by atoms with Crippen LogP contribution in [0.5, 0.6) is 0 Å². The van der Waals surface area contributed by atoms with Crippen LogP contribution in [0.25, 0.3) is 10.9 Å². The van der Waals surface area contributed by atoms with Gasteiger partial charge in [0.1, 0.15) is 11.6 Å². The second-order valence-electron chi connectivity index (χ2n) is 6.67. The fraction of sp³-hybridized carbons (Fsp3) is 0.130. The van der Waals surface area contributed by atoms with Crippen LogP contribution in [-0.2, 0) is 0 Å². The average Bonchev–Trinajstić information content (AvgIpc) is 2.66. The predicted molar refractivity (Wildman–Crippen MR) is 107 cm³/mol. The van der Waals surface area contributed by atoms with Crippen molar-refractivity contribution in [2.45, 2.75) is 19.9 Å². The number of hydrogen-bond acceptors (Lipinski definition) is 3. The van der Waals surface area contributed by atoms with Crippen molar-refractivity contribution < 1.29 is 4.39 Å². The van der Waals surface area contributed by atoms with Crippen molar-refractivity contribution in [2.24, 2.45) is 0 Å². The molecule has 0 unspecified atom stereocenters. The van der Waals surface area contributed by atoms with Crippen molar-refractivity contribution in [3.05, 3.63) is 101 Å². The fourth-order valence-corrected chi connectivity index (χ4v) is 3.24. The summed E-state index contributed by atoms with van der Waals surface area (Å²) < 4.78 is 14.6. The fourth-order valence-electron chi connectivity index (χ4n) is 3.24. The van der Waals surface area contributed by atoms with Gasteiger partial charge in [-0.05, 0) is 49.7 Å². The molecule has 0 aliphatic carbocycles. The summed E-state index contributed by atoms with van der Waals surface area (Å²) in [5, 5.41) is 4.45. The Morgan fingerprint density at radius 2 is 1.59 bits per heavy atom. The van der Waals surface area contributed by atoms with Crippen LogP contribution >= 0.6 is 0 Å². The first-order valence-corrected chi connectivity index (χ1v) is 8.92. The maximum Gasteiger partial charge on any atom is 0.128 e. The number of aryl methyl sites for hydroxylation is 2. The van der Waals surface area contributed by atoms with Gasteiger partial charge in [0, 0.05) is 22.3 Å². The van der Waals surface area contributed by atoms with Crippen LogP contribution < -0.4 is 5.32 Å². The number of nitrogens with one attached hydrogen (secondary N) is 1. The van der Waals surface area contributed by atoms with Crippen molar-refractivity contribution >= 4 is 16.7 Å². The second-order valence-corrected chi connectivity index (χ2v) is 6.67. The monoisotopic (exact) mass is 357 g/mol. The van der Waals surface area contributed by atoms with Crippen molar-refractivity contribution in [1.29, 1.82) is 0 Å². The Balaban J connectivity index is 1.83. The SMILES string of the molecule is Cc1cccc(N[C@@H](c2ccc3ccc(C)nc3c2)c2ccccc2F)n1. The summed E-state index contributed by atoms with van der Waals surface area (Å²) in [6, 6.07) is 22.3. The first-order valence-electron chi connectivity index (χ1n) is 8.92. The Labute approximate surface area is 157 Å². The van der Waals surface area contributed by atoms with Crippen molar-refractivity contribution in [1.82, 2.24) is 9.97 Å². The highest BCUT2D eigenvalue weighted by atomic mass is 19.1. The van der Waals surface area contributed by atoms with Gasteiger partial charge in [0.2, 0.25) is 0 Å². The zero-order valence-electron chi connectivity index (χ0n) is 15.3. The Morgan fingerprint density at radius 1 is 0.815 bits per heavy atom. The molecule has 4 rings (SSSR count). The summed E-state index contributed by atoms with van der Waals surface area (Å²) in [6.45, 7) is 3.90. The number of fused-ring (bicyclic) bond motifs is 1. The third-order valence-corrected chi connectivity index (χ3v) is 4.59. The Morgan fingerprint density at radius 3 is 2.41 bits per heavy atom. The van der Waals surface area contributed by atoms with Gasteiger partial charge in [0.25, 0.3) is 0 Å². The van der Waals surface area contributed by atoms with E-state index in [-0.39, 0.29) is 11.9 Å². The summed E-state index contributed by atoms with van der Waals surface area (Å²) in [5.41, 5.74) is 4.27. The maximum atomic E-state index is 14.6. The average molecular weight is 357 g/mol. The molecule has 27 heavy (non-hydrogen) atoms. The highest BCUT2D eigenvalue weighted by Gasteiger charge is 2.19. The molecule has 4 heteroatoms. The molecule has 0 saturated carbocycles. The van der Waals surface area contributed by atoms with Gasteiger partial charge in [-0.25, -0.2) is 9.37 Å². The van der Waals surface area contributed by atoms with Gasteiger partial charge < -0.3 is 5.32 Å². The van der Waals surface area contributed by atoms with Gasteiger partial charge in [-0.1, -0.05) is 42.5 Å². The van der Waals surface area contributed by atoms with Gasteiger partial charge in [-0.2, -0.15) is 0 Å². The lowest BCUT2D eigenvalue weighted by molar-refractivity contribution is 0.604. The molecule has 0 aliphatic heterocycles. The van der Waals surface area contributed by atoms with E-state index in [2.05, 4.69) is 21.4 Å². The van der Waals surface area contributed by atoms with Gasteiger partial charge in [-0.15, -0.1) is 0 Å². The number of pyridine rings is 2. The van der Waals surface area contributed by atoms with Crippen LogP contribution in [0.2, 0.25) is 0 Å².